The number of hydrogen-bond donors (Lipinski definition) is 3. The van der Waals surface area contributed by atoms with Crippen molar-refractivity contribution in [3.63, 3.8) is 0 Å². The number of nitrogens with one attached hydrogen (secondary N) is 3. The number of amides is 3. The minimum absolute atomic E-state index is 0.0521. The summed E-state index contributed by atoms with van der Waals surface area (Å²) in [6.45, 7) is -0.0244. The molecule has 2 aliphatic rings. The van der Waals surface area contributed by atoms with Gasteiger partial charge in [0.15, 0.2) is 19.7 Å². The van der Waals surface area contributed by atoms with Gasteiger partial charge in [-0.3, -0.25) is 0 Å². The number of rotatable bonds is 5. The van der Waals surface area contributed by atoms with Crippen LogP contribution in [0.5, 0.6) is 0 Å². The maximum Gasteiger partial charge on any atom is 0.407 e. The van der Waals surface area contributed by atoms with Gasteiger partial charge in [0.1, 0.15) is 6.61 Å². The highest BCUT2D eigenvalue weighted by atomic mass is 32.2. The molecule has 0 aromatic carbocycles. The highest BCUT2D eigenvalue weighted by molar-refractivity contribution is 7.91. The third kappa shape index (κ3) is 6.15. The number of ether oxygens (including phenoxy) is 1. The first-order valence-electron chi connectivity index (χ1n) is 7.54. The molecule has 12 heteroatoms. The molecule has 0 aromatic rings. The predicted molar refractivity (Wildman–Crippen MR) is 85.1 cm³/mol. The minimum atomic E-state index is -3.08. The molecule has 2 unspecified atom stereocenters. The van der Waals surface area contributed by atoms with E-state index in [1.165, 1.54) is 0 Å². The van der Waals surface area contributed by atoms with Gasteiger partial charge in [0, 0.05) is 12.1 Å². The standard InChI is InChI=1S/C12H21N3O7S2/c16-11(14-9-1-5-23(18,19)7-9)13-3-4-22-12(17)15-10-2-6-24(20,21)8-10/h9-10H,1-8H2,(H,15,17)(H2,13,14,16). The van der Waals surface area contributed by atoms with E-state index >= 15 is 0 Å². The van der Waals surface area contributed by atoms with Gasteiger partial charge in [0.25, 0.3) is 0 Å². The molecule has 0 radical (unpaired) electrons. The van der Waals surface area contributed by atoms with Crippen molar-refractivity contribution in [2.45, 2.75) is 24.9 Å². The Hall–Kier alpha value is -1.56. The van der Waals surface area contributed by atoms with Gasteiger partial charge in [-0.2, -0.15) is 0 Å². The van der Waals surface area contributed by atoms with Crippen LogP contribution >= 0.6 is 0 Å². The van der Waals surface area contributed by atoms with Crippen LogP contribution in [0, 0.1) is 0 Å². The fraction of sp³-hybridized carbons (Fsp3) is 0.833. The first-order valence-corrected chi connectivity index (χ1v) is 11.2. The SMILES string of the molecule is O=C(NCCOC(=O)NC1CCS(=O)(=O)C1)NC1CCS(=O)(=O)C1. The maximum absolute atomic E-state index is 11.6. The summed E-state index contributed by atoms with van der Waals surface area (Å²) in [4.78, 5) is 23.0. The molecule has 2 fully saturated rings. The van der Waals surface area contributed by atoms with Gasteiger partial charge in [-0.25, -0.2) is 26.4 Å². The summed E-state index contributed by atoms with van der Waals surface area (Å²) in [5, 5.41) is 7.45. The van der Waals surface area contributed by atoms with Crippen LogP contribution in [0.1, 0.15) is 12.8 Å². The summed E-state index contributed by atoms with van der Waals surface area (Å²) in [7, 11) is -6.14. The molecule has 0 saturated carbocycles. The second-order valence-electron chi connectivity index (χ2n) is 5.88. The average Bonchev–Trinajstić information content (AvgIpc) is 2.96. The molecule has 2 rings (SSSR count). The monoisotopic (exact) mass is 383 g/mol. The van der Waals surface area contributed by atoms with E-state index in [1.807, 2.05) is 0 Å². The van der Waals surface area contributed by atoms with Crippen LogP contribution in [0.15, 0.2) is 0 Å². The third-order valence-corrected chi connectivity index (χ3v) is 7.28. The Morgan fingerprint density at radius 2 is 1.46 bits per heavy atom. The van der Waals surface area contributed by atoms with E-state index in [9.17, 15) is 26.4 Å². The van der Waals surface area contributed by atoms with Gasteiger partial charge in [-0.15, -0.1) is 0 Å². The minimum Gasteiger partial charge on any atom is -0.448 e. The van der Waals surface area contributed by atoms with Gasteiger partial charge >= 0.3 is 12.1 Å². The van der Waals surface area contributed by atoms with E-state index < -0.39 is 43.9 Å². The molecule has 3 N–H and O–H groups in total. The summed E-state index contributed by atoms with van der Waals surface area (Å²) in [5.41, 5.74) is 0. The molecule has 2 heterocycles. The molecule has 10 nitrogen and oxygen atoms in total. The van der Waals surface area contributed by atoms with Crippen molar-refractivity contribution in [2.24, 2.45) is 0 Å². The van der Waals surface area contributed by atoms with Crippen molar-refractivity contribution in [1.82, 2.24) is 16.0 Å². The molecular formula is C12H21N3O7S2. The Labute approximate surface area is 140 Å². The predicted octanol–water partition coefficient (Wildman–Crippen LogP) is -1.61. The van der Waals surface area contributed by atoms with E-state index in [2.05, 4.69) is 16.0 Å². The number of alkyl carbamates (subject to hydrolysis) is 1. The summed E-state index contributed by atoms with van der Waals surface area (Å²) < 4.78 is 49.9. The summed E-state index contributed by atoms with van der Waals surface area (Å²) >= 11 is 0. The van der Waals surface area contributed by atoms with Gasteiger partial charge in [0.2, 0.25) is 0 Å². The van der Waals surface area contributed by atoms with Crippen LogP contribution in [0.4, 0.5) is 9.59 Å². The Kier molecular flexibility index (Phi) is 5.91. The van der Waals surface area contributed by atoms with Crippen molar-refractivity contribution in [3.05, 3.63) is 0 Å². The second-order valence-corrected chi connectivity index (χ2v) is 10.3. The van der Waals surface area contributed by atoms with Crippen LogP contribution in [-0.2, 0) is 24.4 Å². The zero-order chi connectivity index (χ0) is 17.8. The molecule has 2 saturated heterocycles. The van der Waals surface area contributed by atoms with Gasteiger partial charge in [-0.05, 0) is 12.8 Å². The van der Waals surface area contributed by atoms with Crippen LogP contribution < -0.4 is 16.0 Å². The maximum atomic E-state index is 11.6. The number of sulfone groups is 2. The van der Waals surface area contributed by atoms with Crippen molar-refractivity contribution < 1.29 is 31.2 Å². The summed E-state index contributed by atoms with van der Waals surface area (Å²) in [5.74, 6) is -0.0364. The lowest BCUT2D eigenvalue weighted by Crippen LogP contribution is -2.44. The highest BCUT2D eigenvalue weighted by Gasteiger charge is 2.30. The fourth-order valence-electron chi connectivity index (χ4n) is 2.57. The molecule has 138 valence electrons. The Morgan fingerprint density at radius 1 is 0.917 bits per heavy atom. The molecule has 3 amide bonds. The van der Waals surface area contributed by atoms with Gasteiger partial charge in [-0.1, -0.05) is 0 Å². The fourth-order valence-corrected chi connectivity index (χ4v) is 5.92. The largest absolute Gasteiger partial charge is 0.448 e. The number of urea groups is 1. The topological polar surface area (TPSA) is 148 Å². The molecule has 24 heavy (non-hydrogen) atoms. The lowest BCUT2D eigenvalue weighted by atomic mass is 10.3. The zero-order valence-corrected chi connectivity index (χ0v) is 14.6. The lowest BCUT2D eigenvalue weighted by Gasteiger charge is -2.13. The zero-order valence-electron chi connectivity index (χ0n) is 13.0. The van der Waals surface area contributed by atoms with Gasteiger partial charge < -0.3 is 20.7 Å². The molecule has 2 atom stereocenters. The van der Waals surface area contributed by atoms with E-state index in [4.69, 9.17) is 4.74 Å². The summed E-state index contributed by atoms with van der Waals surface area (Å²) in [6, 6.07) is -1.37. The molecule has 2 aliphatic heterocycles. The van der Waals surface area contributed by atoms with Crippen molar-refractivity contribution in [2.75, 3.05) is 36.2 Å². The van der Waals surface area contributed by atoms with E-state index in [0.717, 1.165) is 0 Å². The smallest absolute Gasteiger partial charge is 0.407 e. The molecule has 0 aliphatic carbocycles. The Balaban J connectivity index is 1.56. The van der Waals surface area contributed by atoms with Gasteiger partial charge in [0.05, 0.1) is 29.6 Å². The van der Waals surface area contributed by atoms with Crippen LogP contribution in [-0.4, -0.2) is 77.2 Å². The quantitative estimate of drug-likeness (QED) is 0.484. The van der Waals surface area contributed by atoms with Crippen LogP contribution in [0.2, 0.25) is 0 Å². The first-order chi connectivity index (χ1) is 11.2. The number of carbonyl (C=O) groups is 2. The third-order valence-electron chi connectivity index (χ3n) is 3.74. The number of hydrogen-bond acceptors (Lipinski definition) is 7. The second kappa shape index (κ2) is 7.55. The average molecular weight is 383 g/mol. The van der Waals surface area contributed by atoms with Crippen molar-refractivity contribution in [1.29, 1.82) is 0 Å². The van der Waals surface area contributed by atoms with E-state index in [1.54, 1.807) is 0 Å². The van der Waals surface area contributed by atoms with Crippen molar-refractivity contribution in [3.8, 4) is 0 Å². The molecule has 0 bridgehead atoms. The molecular weight excluding hydrogens is 362 g/mol. The van der Waals surface area contributed by atoms with Crippen LogP contribution in [0.3, 0.4) is 0 Å². The summed E-state index contributed by atoms with van der Waals surface area (Å²) in [6.07, 6.45) is 0.0163. The highest BCUT2D eigenvalue weighted by Crippen LogP contribution is 2.11. The molecule has 0 aromatic heterocycles. The normalized spacial score (nSPS) is 27.3. The van der Waals surface area contributed by atoms with Crippen LogP contribution in [0.25, 0.3) is 0 Å². The lowest BCUT2D eigenvalue weighted by molar-refractivity contribution is 0.143. The molecule has 0 spiro atoms. The Morgan fingerprint density at radius 3 is 1.96 bits per heavy atom. The number of carbonyl (C=O) groups excluding carboxylic acids is 2. The van der Waals surface area contributed by atoms with Crippen molar-refractivity contribution >= 4 is 31.8 Å². The first kappa shape index (κ1) is 18.8. The van der Waals surface area contributed by atoms with E-state index in [0.29, 0.717) is 12.8 Å². The van der Waals surface area contributed by atoms with E-state index in [-0.39, 0.29) is 36.2 Å². The Bertz CT molecular complexity index is 629.